The molecule has 44 heavy (non-hydrogen) atoms. The van der Waals surface area contributed by atoms with E-state index in [9.17, 15) is 19.5 Å². The van der Waals surface area contributed by atoms with Crippen molar-refractivity contribution in [1.82, 2.24) is 0 Å². The standard InChI is InChI=1S/C35H33N5O4/c1-35(22-7-3-2-4-8-22)18-28(40-27-15-12-21(31(36)37)17-26(27)35)29-25(32(38)41)14-13-24(30(29)34(43)44)20-6-5-9-23(16-20)39-33(42)19-10-11-19/h2-9,12-17,19,28,40H,10-11,18H2,1H3,(H3,36,37)(H2,38,41)(H,39,42)(H,43,44). The second-order valence-corrected chi connectivity index (χ2v) is 11.7. The minimum Gasteiger partial charge on any atom is -0.478 e. The van der Waals surface area contributed by atoms with Gasteiger partial charge in [0.15, 0.2) is 0 Å². The Balaban J connectivity index is 1.53. The summed E-state index contributed by atoms with van der Waals surface area (Å²) in [4.78, 5) is 38.4. The highest BCUT2D eigenvalue weighted by atomic mass is 16.4. The number of anilines is 2. The molecule has 4 aromatic rings. The van der Waals surface area contributed by atoms with Crippen molar-refractivity contribution in [3.05, 3.63) is 118 Å². The van der Waals surface area contributed by atoms with Gasteiger partial charge < -0.3 is 27.2 Å². The van der Waals surface area contributed by atoms with Gasteiger partial charge in [-0.15, -0.1) is 0 Å². The molecule has 1 aliphatic carbocycles. The van der Waals surface area contributed by atoms with Gasteiger partial charge in [-0.3, -0.25) is 15.0 Å². The van der Waals surface area contributed by atoms with E-state index in [1.54, 1.807) is 42.5 Å². The van der Waals surface area contributed by atoms with Crippen LogP contribution < -0.4 is 22.1 Å². The Labute approximate surface area is 254 Å². The minimum absolute atomic E-state index is 0.0143. The predicted molar refractivity (Wildman–Crippen MR) is 170 cm³/mol. The summed E-state index contributed by atoms with van der Waals surface area (Å²) in [6.45, 7) is 2.07. The molecule has 2 aliphatic rings. The number of rotatable bonds is 8. The molecular formula is C35H33N5O4. The third-order valence-electron chi connectivity index (χ3n) is 8.74. The normalized spacial score (nSPS) is 18.9. The van der Waals surface area contributed by atoms with Gasteiger partial charge in [-0.1, -0.05) is 55.5 Å². The largest absolute Gasteiger partial charge is 0.478 e. The van der Waals surface area contributed by atoms with E-state index < -0.39 is 23.3 Å². The van der Waals surface area contributed by atoms with E-state index in [4.69, 9.17) is 16.9 Å². The molecule has 1 heterocycles. The minimum atomic E-state index is -1.20. The van der Waals surface area contributed by atoms with Crippen LogP contribution in [0.2, 0.25) is 0 Å². The number of amides is 2. The number of primary amides is 1. The third kappa shape index (κ3) is 5.17. The van der Waals surface area contributed by atoms with E-state index in [1.165, 1.54) is 0 Å². The van der Waals surface area contributed by atoms with Crippen LogP contribution in [0.5, 0.6) is 0 Å². The maximum Gasteiger partial charge on any atom is 0.336 e. The van der Waals surface area contributed by atoms with E-state index in [1.807, 2.05) is 42.5 Å². The van der Waals surface area contributed by atoms with E-state index in [0.717, 1.165) is 29.7 Å². The third-order valence-corrected chi connectivity index (χ3v) is 8.74. The molecule has 0 aromatic heterocycles. The van der Waals surface area contributed by atoms with Crippen molar-refractivity contribution in [1.29, 1.82) is 5.41 Å². The summed E-state index contributed by atoms with van der Waals surface area (Å²) in [5.74, 6) is -2.03. The van der Waals surface area contributed by atoms with Gasteiger partial charge >= 0.3 is 5.97 Å². The number of nitrogens with one attached hydrogen (secondary N) is 3. The first-order chi connectivity index (χ1) is 21.1. The molecule has 2 unspecified atom stereocenters. The lowest BCUT2D eigenvalue weighted by molar-refractivity contribution is -0.117. The fourth-order valence-corrected chi connectivity index (χ4v) is 6.33. The van der Waals surface area contributed by atoms with Crippen LogP contribution in [0.15, 0.2) is 84.9 Å². The van der Waals surface area contributed by atoms with Crippen LogP contribution in [0.3, 0.4) is 0 Å². The Morgan fingerprint density at radius 1 is 0.955 bits per heavy atom. The lowest BCUT2D eigenvalue weighted by Crippen LogP contribution is -2.36. The van der Waals surface area contributed by atoms with E-state index in [-0.39, 0.29) is 28.8 Å². The van der Waals surface area contributed by atoms with Crippen molar-refractivity contribution in [3.8, 4) is 11.1 Å². The maximum absolute atomic E-state index is 13.1. The molecule has 2 amide bonds. The quantitative estimate of drug-likeness (QED) is 0.115. The molecule has 9 nitrogen and oxygen atoms in total. The molecule has 8 N–H and O–H groups in total. The average molecular weight is 588 g/mol. The summed E-state index contributed by atoms with van der Waals surface area (Å²) in [7, 11) is 0. The highest BCUT2D eigenvalue weighted by Crippen LogP contribution is 2.50. The summed E-state index contributed by atoms with van der Waals surface area (Å²) in [5, 5.41) is 25.1. The van der Waals surface area contributed by atoms with Gasteiger partial charge in [-0.05, 0) is 77.9 Å². The van der Waals surface area contributed by atoms with Crippen molar-refractivity contribution in [2.45, 2.75) is 37.6 Å². The molecule has 2 atom stereocenters. The van der Waals surface area contributed by atoms with Crippen LogP contribution in [0.25, 0.3) is 11.1 Å². The number of amidine groups is 1. The summed E-state index contributed by atoms with van der Waals surface area (Å²) in [6.07, 6.45) is 2.11. The topological polar surface area (TPSA) is 171 Å². The molecule has 0 saturated heterocycles. The number of benzene rings is 4. The van der Waals surface area contributed by atoms with Gasteiger partial charge in [0.05, 0.1) is 11.6 Å². The molecule has 6 rings (SSSR count). The van der Waals surface area contributed by atoms with Gasteiger partial charge in [-0.25, -0.2) is 4.79 Å². The molecule has 1 saturated carbocycles. The molecule has 0 radical (unpaired) electrons. The first kappa shape index (κ1) is 28.7. The number of hydrogen-bond donors (Lipinski definition) is 6. The Morgan fingerprint density at radius 3 is 2.36 bits per heavy atom. The molecular weight excluding hydrogens is 554 g/mol. The number of hydrogen-bond acceptors (Lipinski definition) is 5. The van der Waals surface area contributed by atoms with Gasteiger partial charge in [0.1, 0.15) is 5.84 Å². The van der Waals surface area contributed by atoms with Crippen LogP contribution in [0.1, 0.15) is 75.2 Å². The average Bonchev–Trinajstić information content (AvgIpc) is 3.86. The summed E-state index contributed by atoms with van der Waals surface area (Å²) in [5.41, 5.74) is 16.2. The van der Waals surface area contributed by atoms with Crippen LogP contribution in [-0.4, -0.2) is 28.7 Å². The molecule has 1 fully saturated rings. The van der Waals surface area contributed by atoms with Crippen LogP contribution in [0, 0.1) is 11.3 Å². The fourth-order valence-electron chi connectivity index (χ4n) is 6.33. The molecule has 1 aliphatic heterocycles. The molecule has 222 valence electrons. The lowest BCUT2D eigenvalue weighted by Gasteiger charge is -2.42. The van der Waals surface area contributed by atoms with Gasteiger partial charge in [0.2, 0.25) is 11.8 Å². The van der Waals surface area contributed by atoms with Gasteiger partial charge in [0, 0.05) is 39.4 Å². The Bertz CT molecular complexity index is 1830. The first-order valence-corrected chi connectivity index (χ1v) is 14.5. The second-order valence-electron chi connectivity index (χ2n) is 11.7. The highest BCUT2D eigenvalue weighted by Gasteiger charge is 2.41. The number of carbonyl (C=O) groups excluding carboxylic acids is 2. The van der Waals surface area contributed by atoms with Crippen LogP contribution >= 0.6 is 0 Å². The smallest absolute Gasteiger partial charge is 0.336 e. The molecule has 4 aromatic carbocycles. The predicted octanol–water partition coefficient (Wildman–Crippen LogP) is 5.65. The zero-order valence-corrected chi connectivity index (χ0v) is 24.2. The lowest BCUT2D eigenvalue weighted by atomic mass is 9.67. The molecule has 9 heteroatoms. The number of nitrogen functional groups attached to an aromatic ring is 1. The monoisotopic (exact) mass is 587 g/mol. The summed E-state index contributed by atoms with van der Waals surface area (Å²) < 4.78 is 0. The van der Waals surface area contributed by atoms with Gasteiger partial charge in [0.25, 0.3) is 0 Å². The Hall–Kier alpha value is -5.44. The summed E-state index contributed by atoms with van der Waals surface area (Å²) >= 11 is 0. The maximum atomic E-state index is 13.1. The second kappa shape index (κ2) is 11.0. The number of aromatic carboxylic acids is 1. The highest BCUT2D eigenvalue weighted by molar-refractivity contribution is 6.05. The van der Waals surface area contributed by atoms with Crippen molar-refractivity contribution < 1.29 is 19.5 Å². The zero-order chi connectivity index (χ0) is 31.2. The van der Waals surface area contributed by atoms with Crippen molar-refractivity contribution in [3.63, 3.8) is 0 Å². The van der Waals surface area contributed by atoms with E-state index in [2.05, 4.69) is 17.6 Å². The van der Waals surface area contributed by atoms with Gasteiger partial charge in [-0.2, -0.15) is 0 Å². The zero-order valence-electron chi connectivity index (χ0n) is 24.2. The van der Waals surface area contributed by atoms with Crippen molar-refractivity contribution in [2.24, 2.45) is 17.4 Å². The number of carbonyl (C=O) groups is 3. The van der Waals surface area contributed by atoms with Crippen LogP contribution in [-0.2, 0) is 10.2 Å². The Morgan fingerprint density at radius 2 is 1.70 bits per heavy atom. The van der Waals surface area contributed by atoms with Crippen molar-refractivity contribution >= 4 is 35.0 Å². The van der Waals surface area contributed by atoms with Crippen LogP contribution in [0.4, 0.5) is 11.4 Å². The number of carboxylic acids is 1. The Kier molecular flexibility index (Phi) is 7.17. The van der Waals surface area contributed by atoms with E-state index in [0.29, 0.717) is 34.4 Å². The first-order valence-electron chi connectivity index (χ1n) is 14.5. The van der Waals surface area contributed by atoms with E-state index >= 15 is 0 Å². The SMILES string of the molecule is CC1(c2ccccc2)CC(c2c(C(N)=O)ccc(-c3cccc(NC(=O)C4CC4)c3)c2C(=O)O)Nc2ccc(C(=N)N)cc21. The number of fused-ring (bicyclic) bond motifs is 1. The van der Waals surface area contributed by atoms with Crippen molar-refractivity contribution in [2.75, 3.05) is 10.6 Å². The molecule has 0 bridgehead atoms. The number of nitrogens with two attached hydrogens (primary N) is 2. The number of carboxylic acid groups (broad SMARTS) is 1. The summed E-state index contributed by atoms with van der Waals surface area (Å²) in [6, 6.07) is 24.9. The fraction of sp³-hybridized carbons (Fsp3) is 0.200. The molecule has 0 spiro atoms.